The largest absolute Gasteiger partial charge is 0.481 e. The molecular formula is C21H22N2O2S. The van der Waals surface area contributed by atoms with Crippen molar-refractivity contribution in [1.82, 2.24) is 10.3 Å². The Kier molecular flexibility index (Phi) is 5.68. The van der Waals surface area contributed by atoms with E-state index in [0.29, 0.717) is 5.75 Å². The van der Waals surface area contributed by atoms with E-state index in [-0.39, 0.29) is 11.9 Å². The van der Waals surface area contributed by atoms with E-state index in [2.05, 4.69) is 17.2 Å². The third kappa shape index (κ3) is 4.29. The SMILES string of the molecule is Cc1ccc(O[C@@H](C)C(=O)N[C@H](c2ccncc2)c2cccs2)cc1C. The van der Waals surface area contributed by atoms with Crippen molar-refractivity contribution < 1.29 is 9.53 Å². The van der Waals surface area contributed by atoms with Crippen molar-refractivity contribution in [1.29, 1.82) is 0 Å². The van der Waals surface area contributed by atoms with Crippen molar-refractivity contribution in [2.45, 2.75) is 32.9 Å². The molecule has 0 saturated heterocycles. The topological polar surface area (TPSA) is 51.2 Å². The first-order chi connectivity index (χ1) is 12.5. The van der Waals surface area contributed by atoms with Gasteiger partial charge in [-0.2, -0.15) is 0 Å². The van der Waals surface area contributed by atoms with E-state index in [1.165, 1.54) is 5.56 Å². The highest BCUT2D eigenvalue weighted by molar-refractivity contribution is 7.10. The number of pyridine rings is 1. The van der Waals surface area contributed by atoms with Gasteiger partial charge in [0, 0.05) is 17.3 Å². The third-order valence-electron chi connectivity index (χ3n) is 4.31. The van der Waals surface area contributed by atoms with Crippen LogP contribution in [0.4, 0.5) is 0 Å². The van der Waals surface area contributed by atoms with Crippen LogP contribution in [-0.4, -0.2) is 17.0 Å². The van der Waals surface area contributed by atoms with Crippen LogP contribution >= 0.6 is 11.3 Å². The molecule has 3 aromatic rings. The number of aryl methyl sites for hydroxylation is 2. The highest BCUT2D eigenvalue weighted by atomic mass is 32.1. The van der Waals surface area contributed by atoms with E-state index >= 15 is 0 Å². The number of ether oxygens (including phenoxy) is 1. The summed E-state index contributed by atoms with van der Waals surface area (Å²) < 4.78 is 5.85. The van der Waals surface area contributed by atoms with E-state index in [1.807, 2.05) is 54.8 Å². The second kappa shape index (κ2) is 8.15. The lowest BCUT2D eigenvalue weighted by molar-refractivity contribution is -0.127. The summed E-state index contributed by atoms with van der Waals surface area (Å²) in [6.45, 7) is 5.85. The zero-order valence-electron chi connectivity index (χ0n) is 15.1. The number of thiophene rings is 1. The minimum absolute atomic E-state index is 0.154. The van der Waals surface area contributed by atoms with Crippen LogP contribution in [0.15, 0.2) is 60.2 Å². The van der Waals surface area contributed by atoms with Gasteiger partial charge in [0.15, 0.2) is 6.10 Å². The Balaban J connectivity index is 1.74. The summed E-state index contributed by atoms with van der Waals surface area (Å²) >= 11 is 1.61. The second-order valence-corrected chi connectivity index (χ2v) is 7.22. The number of amides is 1. The molecule has 3 rings (SSSR count). The Morgan fingerprint density at radius 1 is 1.12 bits per heavy atom. The molecule has 0 aliphatic heterocycles. The number of nitrogens with one attached hydrogen (secondary N) is 1. The first-order valence-corrected chi connectivity index (χ1v) is 9.40. The average molecular weight is 366 g/mol. The molecule has 0 spiro atoms. The zero-order chi connectivity index (χ0) is 18.5. The van der Waals surface area contributed by atoms with Crippen LogP contribution in [0.3, 0.4) is 0 Å². The molecule has 0 bridgehead atoms. The standard InChI is InChI=1S/C21H22N2O2S/c1-14-6-7-18(13-15(14)2)25-16(3)21(24)23-20(19-5-4-12-26-19)17-8-10-22-11-9-17/h4-13,16,20H,1-3H3,(H,23,24)/t16-,20+/m0/s1. The number of hydrogen-bond acceptors (Lipinski definition) is 4. The molecular weight excluding hydrogens is 344 g/mol. The first-order valence-electron chi connectivity index (χ1n) is 8.52. The van der Waals surface area contributed by atoms with Gasteiger partial charge in [-0.05, 0) is 73.2 Å². The Hall–Kier alpha value is -2.66. The molecule has 1 N–H and O–H groups in total. The smallest absolute Gasteiger partial charge is 0.261 e. The first kappa shape index (κ1) is 18.1. The van der Waals surface area contributed by atoms with Crippen LogP contribution in [-0.2, 0) is 4.79 Å². The fraction of sp³-hybridized carbons (Fsp3) is 0.238. The van der Waals surface area contributed by atoms with Gasteiger partial charge in [-0.25, -0.2) is 0 Å². The summed E-state index contributed by atoms with van der Waals surface area (Å²) in [7, 11) is 0. The van der Waals surface area contributed by atoms with E-state index < -0.39 is 6.10 Å². The number of carbonyl (C=O) groups is 1. The fourth-order valence-electron chi connectivity index (χ4n) is 2.63. The van der Waals surface area contributed by atoms with Crippen LogP contribution in [0.5, 0.6) is 5.75 Å². The Labute approximate surface area is 157 Å². The van der Waals surface area contributed by atoms with Gasteiger partial charge in [-0.15, -0.1) is 11.3 Å². The van der Waals surface area contributed by atoms with Crippen LogP contribution in [0.2, 0.25) is 0 Å². The second-order valence-electron chi connectivity index (χ2n) is 6.24. The lowest BCUT2D eigenvalue weighted by Gasteiger charge is -2.21. The van der Waals surface area contributed by atoms with Crippen molar-refractivity contribution >= 4 is 17.2 Å². The zero-order valence-corrected chi connectivity index (χ0v) is 15.9. The highest BCUT2D eigenvalue weighted by Gasteiger charge is 2.22. The van der Waals surface area contributed by atoms with Crippen molar-refractivity contribution in [3.05, 3.63) is 81.8 Å². The van der Waals surface area contributed by atoms with E-state index in [4.69, 9.17) is 4.74 Å². The Morgan fingerprint density at radius 3 is 2.54 bits per heavy atom. The average Bonchev–Trinajstić information content (AvgIpc) is 3.17. The van der Waals surface area contributed by atoms with E-state index in [1.54, 1.807) is 30.7 Å². The van der Waals surface area contributed by atoms with Crippen LogP contribution in [0.1, 0.15) is 34.5 Å². The van der Waals surface area contributed by atoms with E-state index in [9.17, 15) is 4.79 Å². The van der Waals surface area contributed by atoms with Gasteiger partial charge >= 0.3 is 0 Å². The van der Waals surface area contributed by atoms with Crippen LogP contribution < -0.4 is 10.1 Å². The quantitative estimate of drug-likeness (QED) is 0.702. The number of benzene rings is 1. The number of rotatable bonds is 6. The molecule has 1 aromatic carbocycles. The van der Waals surface area contributed by atoms with Crippen LogP contribution in [0, 0.1) is 13.8 Å². The van der Waals surface area contributed by atoms with Crippen LogP contribution in [0.25, 0.3) is 0 Å². The van der Waals surface area contributed by atoms with Crippen molar-refractivity contribution in [2.75, 3.05) is 0 Å². The molecule has 2 heterocycles. The maximum atomic E-state index is 12.7. The summed E-state index contributed by atoms with van der Waals surface area (Å²) in [5, 5.41) is 5.11. The summed E-state index contributed by atoms with van der Waals surface area (Å²) in [6, 6.07) is 13.5. The molecule has 4 nitrogen and oxygen atoms in total. The molecule has 0 fully saturated rings. The van der Waals surface area contributed by atoms with Crippen molar-refractivity contribution in [3.63, 3.8) is 0 Å². The van der Waals surface area contributed by atoms with E-state index in [0.717, 1.165) is 16.0 Å². The summed E-state index contributed by atoms with van der Waals surface area (Å²) in [6.07, 6.45) is 2.87. The minimum Gasteiger partial charge on any atom is -0.481 e. The van der Waals surface area contributed by atoms with Gasteiger partial charge in [0.05, 0.1) is 6.04 Å². The highest BCUT2D eigenvalue weighted by Crippen LogP contribution is 2.26. The number of nitrogens with zero attached hydrogens (tertiary/aromatic N) is 1. The van der Waals surface area contributed by atoms with Gasteiger partial charge in [-0.3, -0.25) is 9.78 Å². The van der Waals surface area contributed by atoms with Gasteiger partial charge in [-0.1, -0.05) is 12.1 Å². The molecule has 134 valence electrons. The number of hydrogen-bond donors (Lipinski definition) is 1. The lowest BCUT2D eigenvalue weighted by Crippen LogP contribution is -2.38. The molecule has 0 aliphatic rings. The summed E-state index contributed by atoms with van der Waals surface area (Å²) in [5.74, 6) is 0.547. The molecule has 2 atom stereocenters. The normalized spacial score (nSPS) is 13.0. The Morgan fingerprint density at radius 2 is 1.88 bits per heavy atom. The molecule has 2 aromatic heterocycles. The maximum Gasteiger partial charge on any atom is 0.261 e. The maximum absolute atomic E-state index is 12.7. The molecule has 1 amide bonds. The monoisotopic (exact) mass is 366 g/mol. The predicted octanol–water partition coefficient (Wildman–Crippen LogP) is 4.43. The summed E-state index contributed by atoms with van der Waals surface area (Å²) in [4.78, 5) is 17.9. The molecule has 0 radical (unpaired) electrons. The summed E-state index contributed by atoms with van der Waals surface area (Å²) in [5.41, 5.74) is 3.34. The molecule has 5 heteroatoms. The molecule has 0 aliphatic carbocycles. The fourth-order valence-corrected chi connectivity index (χ4v) is 3.44. The Bertz CT molecular complexity index is 863. The third-order valence-corrected chi connectivity index (χ3v) is 5.25. The molecule has 26 heavy (non-hydrogen) atoms. The van der Waals surface area contributed by atoms with Crippen molar-refractivity contribution in [3.8, 4) is 5.75 Å². The van der Waals surface area contributed by atoms with Gasteiger partial charge < -0.3 is 10.1 Å². The number of carbonyl (C=O) groups excluding carboxylic acids is 1. The predicted molar refractivity (Wildman–Crippen MR) is 105 cm³/mol. The van der Waals surface area contributed by atoms with Gasteiger partial charge in [0.25, 0.3) is 5.91 Å². The molecule has 0 unspecified atom stereocenters. The minimum atomic E-state index is -0.596. The van der Waals surface area contributed by atoms with Crippen molar-refractivity contribution in [2.24, 2.45) is 0 Å². The van der Waals surface area contributed by atoms with Gasteiger partial charge in [0.1, 0.15) is 5.75 Å². The van der Waals surface area contributed by atoms with Gasteiger partial charge in [0.2, 0.25) is 0 Å². The number of aromatic nitrogens is 1. The molecule has 0 saturated carbocycles. The lowest BCUT2D eigenvalue weighted by atomic mass is 10.1.